The number of alkyl halides is 5. The number of fused-ring (bicyclic) bond motifs is 1. The summed E-state index contributed by atoms with van der Waals surface area (Å²) in [5.41, 5.74) is -3.47. The van der Waals surface area contributed by atoms with Gasteiger partial charge < -0.3 is 14.7 Å². The van der Waals surface area contributed by atoms with Crippen molar-refractivity contribution in [2.24, 2.45) is 22.7 Å². The number of ketones is 1. The topological polar surface area (TPSA) is 102 Å². The zero-order chi connectivity index (χ0) is 32.4. The highest BCUT2D eigenvalue weighted by Crippen LogP contribution is 2.67. The van der Waals surface area contributed by atoms with Crippen LogP contribution in [0.3, 0.4) is 0 Å². The van der Waals surface area contributed by atoms with Crippen molar-refractivity contribution < 1.29 is 46.2 Å². The number of carbonyl (C=O) groups excluding carboxylic acids is 2. The van der Waals surface area contributed by atoms with Crippen LogP contribution in [0.2, 0.25) is 5.02 Å². The molecule has 1 aromatic heterocycles. The molecule has 0 bridgehead atoms. The van der Waals surface area contributed by atoms with Crippen LogP contribution in [0, 0.1) is 22.7 Å². The quantitative estimate of drug-likeness (QED) is 0.230. The van der Waals surface area contributed by atoms with E-state index in [1.807, 2.05) is 0 Å². The summed E-state index contributed by atoms with van der Waals surface area (Å²) in [7, 11) is 0. The van der Waals surface area contributed by atoms with E-state index >= 15 is 0 Å². The van der Waals surface area contributed by atoms with Crippen LogP contribution in [0.15, 0.2) is 24.4 Å². The van der Waals surface area contributed by atoms with Crippen LogP contribution in [-0.2, 0) is 11.0 Å². The molecule has 0 unspecified atom stereocenters. The van der Waals surface area contributed by atoms with Crippen LogP contribution in [0.25, 0.3) is 0 Å². The molecule has 3 saturated carbocycles. The van der Waals surface area contributed by atoms with E-state index in [1.54, 1.807) is 6.92 Å². The second kappa shape index (κ2) is 11.3. The number of carboxylic acid groups (broad SMARTS) is 1. The maximum atomic E-state index is 14.6. The number of carbonyl (C=O) groups is 3. The molecule has 5 rings (SSSR count). The Morgan fingerprint density at radius 2 is 1.75 bits per heavy atom. The Kier molecular flexibility index (Phi) is 8.26. The molecule has 1 N–H and O–H groups in total. The van der Waals surface area contributed by atoms with Crippen molar-refractivity contribution in [3.05, 3.63) is 46.2 Å². The summed E-state index contributed by atoms with van der Waals surface area (Å²) in [5.74, 6) is -3.02. The Hall–Kier alpha value is -3.22. The van der Waals surface area contributed by atoms with Gasteiger partial charge >= 0.3 is 18.8 Å². The molecule has 0 spiro atoms. The molecule has 2 aromatic rings. The average molecular weight is 646 g/mol. The molecule has 3 aliphatic rings. The molecule has 14 heteroatoms. The Labute approximate surface area is 255 Å². The summed E-state index contributed by atoms with van der Waals surface area (Å²) in [5, 5.41) is 13.3. The first-order chi connectivity index (χ1) is 20.5. The standard InChI is InChI=1S/C30H33ClF5N3O5/c1-28(2)18-11-16(12-19(18)28)38(14-21(40)23-20(31)5-4-6-22(23)44-27(32)33)25(41)17-13-37-39(24(17)30(34,35)36)15-7-9-29(3,10-8-15)26(42)43/h4-6,13,15-16,18-19,27H,7-12,14H2,1-3H3,(H,42,43)/t15-,16-,18-,19+,29-. The summed E-state index contributed by atoms with van der Waals surface area (Å²) in [6.45, 7) is 1.70. The van der Waals surface area contributed by atoms with Gasteiger partial charge in [-0.15, -0.1) is 0 Å². The summed E-state index contributed by atoms with van der Waals surface area (Å²) in [6.07, 6.45) is -2.73. The Balaban J connectivity index is 1.49. The van der Waals surface area contributed by atoms with Crippen molar-refractivity contribution in [2.75, 3.05) is 6.54 Å². The number of amides is 1. The first-order valence-electron chi connectivity index (χ1n) is 14.4. The number of benzene rings is 1. The second-order valence-electron chi connectivity index (χ2n) is 13.0. The van der Waals surface area contributed by atoms with Gasteiger partial charge in [0.2, 0.25) is 0 Å². The Bertz CT molecular complexity index is 1450. The number of aromatic nitrogens is 2. The highest BCUT2D eigenvalue weighted by molar-refractivity contribution is 6.34. The molecule has 0 aliphatic heterocycles. The zero-order valence-electron chi connectivity index (χ0n) is 24.3. The van der Waals surface area contributed by atoms with Crippen molar-refractivity contribution in [1.29, 1.82) is 0 Å². The Morgan fingerprint density at radius 1 is 1.14 bits per heavy atom. The number of hydrogen-bond acceptors (Lipinski definition) is 5. The van der Waals surface area contributed by atoms with Gasteiger partial charge in [-0.3, -0.25) is 19.1 Å². The van der Waals surface area contributed by atoms with Crippen LogP contribution in [0.1, 0.15) is 91.7 Å². The minimum Gasteiger partial charge on any atom is -0.481 e. The summed E-state index contributed by atoms with van der Waals surface area (Å²) in [4.78, 5) is 40.3. The molecule has 1 aromatic carbocycles. The van der Waals surface area contributed by atoms with E-state index in [1.165, 1.54) is 12.1 Å². The van der Waals surface area contributed by atoms with Crippen LogP contribution >= 0.6 is 11.6 Å². The molecule has 8 nitrogen and oxygen atoms in total. The van der Waals surface area contributed by atoms with Crippen molar-refractivity contribution in [3.8, 4) is 5.75 Å². The van der Waals surface area contributed by atoms with Crippen molar-refractivity contribution in [2.45, 2.75) is 84.2 Å². The molecule has 1 heterocycles. The van der Waals surface area contributed by atoms with Gasteiger partial charge in [0.15, 0.2) is 11.5 Å². The maximum absolute atomic E-state index is 14.6. The van der Waals surface area contributed by atoms with Crippen LogP contribution in [0.4, 0.5) is 22.0 Å². The van der Waals surface area contributed by atoms with Crippen LogP contribution in [-0.4, -0.2) is 56.6 Å². The number of nitrogens with zero attached hydrogens (tertiary/aromatic N) is 3. The van der Waals surface area contributed by atoms with Crippen LogP contribution in [0.5, 0.6) is 5.75 Å². The van der Waals surface area contributed by atoms with E-state index in [0.717, 1.165) is 21.8 Å². The first kappa shape index (κ1) is 32.2. The largest absolute Gasteiger partial charge is 0.481 e. The van der Waals surface area contributed by atoms with E-state index in [-0.39, 0.29) is 48.0 Å². The fourth-order valence-corrected chi connectivity index (χ4v) is 7.50. The number of Topliss-reactive ketones (excluding diaryl/α,β-unsaturated/α-hetero) is 1. The van der Waals surface area contributed by atoms with Gasteiger partial charge in [-0.05, 0) is 74.8 Å². The number of hydrogen-bond donors (Lipinski definition) is 1. The third-order valence-electron chi connectivity index (χ3n) is 10.0. The number of rotatable bonds is 9. The van der Waals surface area contributed by atoms with Gasteiger partial charge in [0.1, 0.15) is 5.75 Å². The van der Waals surface area contributed by atoms with Gasteiger partial charge in [0.25, 0.3) is 5.91 Å². The van der Waals surface area contributed by atoms with Crippen LogP contribution < -0.4 is 4.74 Å². The van der Waals surface area contributed by atoms with Gasteiger partial charge in [-0.1, -0.05) is 31.5 Å². The zero-order valence-corrected chi connectivity index (χ0v) is 25.1. The van der Waals surface area contributed by atoms with E-state index in [4.69, 9.17) is 11.6 Å². The van der Waals surface area contributed by atoms with E-state index in [9.17, 15) is 41.4 Å². The summed E-state index contributed by atoms with van der Waals surface area (Å²) >= 11 is 6.18. The minimum atomic E-state index is -4.99. The molecule has 3 fully saturated rings. The molecular formula is C30H33ClF5N3O5. The summed E-state index contributed by atoms with van der Waals surface area (Å²) in [6, 6.07) is 2.36. The number of carboxylic acids is 1. The van der Waals surface area contributed by atoms with Gasteiger partial charge in [-0.25, -0.2) is 0 Å². The predicted octanol–water partition coefficient (Wildman–Crippen LogP) is 7.12. The molecule has 240 valence electrons. The van der Waals surface area contributed by atoms with Crippen molar-refractivity contribution in [1.82, 2.24) is 14.7 Å². The first-order valence-corrected chi connectivity index (χ1v) is 14.8. The lowest BCUT2D eigenvalue weighted by atomic mass is 9.74. The van der Waals surface area contributed by atoms with Crippen molar-refractivity contribution in [3.63, 3.8) is 0 Å². The number of ether oxygens (including phenoxy) is 1. The van der Waals surface area contributed by atoms with E-state index in [0.29, 0.717) is 12.8 Å². The SMILES string of the molecule is CC1(C)[C@@H]2C[C@@H](N(CC(=O)c3c(Cl)cccc3OC(F)F)C(=O)c3cnn([C@H]4CC[C@](C)(C(=O)O)CC4)c3C(F)(F)F)C[C@@H]21. The smallest absolute Gasteiger partial charge is 0.433 e. The predicted molar refractivity (Wildman–Crippen MR) is 148 cm³/mol. The fraction of sp³-hybridized carbons (Fsp3) is 0.600. The monoisotopic (exact) mass is 645 g/mol. The molecular weight excluding hydrogens is 613 g/mol. The highest BCUT2D eigenvalue weighted by atomic mass is 35.5. The number of aliphatic carboxylic acids is 1. The fourth-order valence-electron chi connectivity index (χ4n) is 7.23. The lowest BCUT2D eigenvalue weighted by molar-refractivity contribution is -0.152. The highest BCUT2D eigenvalue weighted by Gasteiger charge is 2.63. The Morgan fingerprint density at radius 3 is 2.30 bits per heavy atom. The second-order valence-corrected chi connectivity index (χ2v) is 13.4. The minimum absolute atomic E-state index is 0.00366. The molecule has 1 amide bonds. The maximum Gasteiger partial charge on any atom is 0.433 e. The summed E-state index contributed by atoms with van der Waals surface area (Å²) < 4.78 is 75.2. The lowest BCUT2D eigenvalue weighted by Gasteiger charge is -2.35. The van der Waals surface area contributed by atoms with Crippen molar-refractivity contribution >= 4 is 29.3 Å². The molecule has 0 saturated heterocycles. The molecule has 44 heavy (non-hydrogen) atoms. The third-order valence-corrected chi connectivity index (χ3v) is 10.4. The third kappa shape index (κ3) is 5.79. The average Bonchev–Trinajstić information content (AvgIpc) is 3.35. The molecule has 0 radical (unpaired) electrons. The number of halogens is 6. The van der Waals surface area contributed by atoms with E-state index in [2.05, 4.69) is 23.7 Å². The van der Waals surface area contributed by atoms with Gasteiger partial charge in [-0.2, -0.15) is 27.1 Å². The van der Waals surface area contributed by atoms with Gasteiger partial charge in [0.05, 0.1) is 40.3 Å². The molecule has 3 aliphatic carbocycles. The van der Waals surface area contributed by atoms with E-state index < -0.39 is 77.1 Å². The normalized spacial score (nSPS) is 27.6. The lowest BCUT2D eigenvalue weighted by Crippen LogP contribution is -2.44. The molecule has 3 atom stereocenters. The van der Waals surface area contributed by atoms with Gasteiger partial charge in [0, 0.05) is 6.04 Å².